The van der Waals surface area contributed by atoms with E-state index in [-0.39, 0.29) is 12.3 Å². The molecular formula is C16H20N5O4P. The topological polar surface area (TPSA) is 118 Å². The van der Waals surface area contributed by atoms with Crippen molar-refractivity contribution < 1.29 is 18.9 Å². The van der Waals surface area contributed by atoms with E-state index in [9.17, 15) is 4.89 Å². The minimum atomic E-state index is -1.63. The first kappa shape index (κ1) is 18.5. The monoisotopic (exact) mass is 377 g/mol. The van der Waals surface area contributed by atoms with E-state index in [4.69, 9.17) is 19.7 Å². The first-order valence-corrected chi connectivity index (χ1v) is 9.30. The number of nitrogens with zero attached hydrogens (tertiary/aromatic N) is 4. The maximum Gasteiger partial charge on any atom is 0.246 e. The van der Waals surface area contributed by atoms with E-state index in [1.54, 1.807) is 10.9 Å². The number of imidazole rings is 1. The van der Waals surface area contributed by atoms with E-state index >= 15 is 0 Å². The third-order valence-corrected chi connectivity index (χ3v) is 4.37. The molecule has 10 heteroatoms. The molecule has 9 nitrogen and oxygen atoms in total. The van der Waals surface area contributed by atoms with Gasteiger partial charge in [0.1, 0.15) is 6.35 Å². The Morgan fingerprint density at radius 1 is 1.23 bits per heavy atom. The van der Waals surface area contributed by atoms with E-state index in [2.05, 4.69) is 15.0 Å². The minimum Gasteiger partial charge on any atom is -0.479 e. The predicted molar refractivity (Wildman–Crippen MR) is 97.5 cm³/mol. The highest BCUT2D eigenvalue weighted by Gasteiger charge is 2.13. The van der Waals surface area contributed by atoms with Gasteiger partial charge in [-0.05, 0) is 5.56 Å². The van der Waals surface area contributed by atoms with Crippen LogP contribution in [0.5, 0.6) is 5.88 Å². The normalized spacial score (nSPS) is 12.4. The molecule has 0 aliphatic heterocycles. The van der Waals surface area contributed by atoms with Crippen molar-refractivity contribution >= 4 is 25.5 Å². The molecule has 3 N–H and O–H groups in total. The van der Waals surface area contributed by atoms with Gasteiger partial charge in [-0.2, -0.15) is 9.97 Å². The Hall–Kier alpha value is -2.32. The second kappa shape index (κ2) is 8.86. The van der Waals surface area contributed by atoms with Crippen LogP contribution in [0, 0.1) is 0 Å². The first-order valence-electron chi connectivity index (χ1n) is 7.90. The van der Waals surface area contributed by atoms with Gasteiger partial charge >= 0.3 is 0 Å². The van der Waals surface area contributed by atoms with Gasteiger partial charge in [-0.1, -0.05) is 30.3 Å². The van der Waals surface area contributed by atoms with Crippen molar-refractivity contribution in [3.05, 3.63) is 42.2 Å². The van der Waals surface area contributed by atoms with E-state index in [0.717, 1.165) is 5.56 Å². The van der Waals surface area contributed by atoms with Crippen molar-refractivity contribution in [1.82, 2.24) is 19.5 Å². The Labute approximate surface area is 151 Å². The number of hydrogen-bond acceptors (Lipinski definition) is 8. The fourth-order valence-electron chi connectivity index (χ4n) is 2.31. The van der Waals surface area contributed by atoms with Crippen molar-refractivity contribution in [3.8, 4) is 5.88 Å². The molecule has 3 aromatic rings. The number of nitrogen functional groups attached to an aromatic ring is 1. The number of fused-ring (bicyclic) bond motifs is 1. The summed E-state index contributed by atoms with van der Waals surface area (Å²) in [5, 5.41) is 0. The number of hydrogen-bond donors (Lipinski definition) is 2. The third kappa shape index (κ3) is 4.64. The molecule has 1 unspecified atom stereocenters. The predicted octanol–water partition coefficient (Wildman–Crippen LogP) is 1.91. The van der Waals surface area contributed by atoms with Gasteiger partial charge in [0.05, 0.1) is 26.7 Å². The summed E-state index contributed by atoms with van der Waals surface area (Å²) in [5.74, 6) is 0.450. The summed E-state index contributed by atoms with van der Waals surface area (Å²) >= 11 is 0. The lowest BCUT2D eigenvalue weighted by atomic mass is 10.2. The van der Waals surface area contributed by atoms with E-state index in [1.165, 1.54) is 7.11 Å². The molecule has 0 aliphatic carbocycles. The number of anilines is 1. The average Bonchev–Trinajstić information content (AvgIpc) is 3.06. The minimum absolute atomic E-state index is 0.116. The van der Waals surface area contributed by atoms with Crippen LogP contribution in [0.25, 0.3) is 11.2 Å². The Balaban J connectivity index is 1.46. The van der Waals surface area contributed by atoms with Crippen LogP contribution < -0.4 is 10.5 Å². The average molecular weight is 377 g/mol. The van der Waals surface area contributed by atoms with Gasteiger partial charge in [0, 0.05) is 6.54 Å². The molecule has 0 amide bonds. The number of aromatic nitrogens is 4. The summed E-state index contributed by atoms with van der Waals surface area (Å²) in [6.07, 6.45) is 1.76. The first-order chi connectivity index (χ1) is 12.7. The quantitative estimate of drug-likeness (QED) is 0.429. The SMILES string of the molecule is COc1nc(N)nc2c1ncn2CCOCP(O)OCc1ccccc1. The van der Waals surface area contributed by atoms with Crippen molar-refractivity contribution in [3.63, 3.8) is 0 Å². The summed E-state index contributed by atoms with van der Waals surface area (Å²) in [6.45, 7) is 1.22. The molecule has 1 atom stereocenters. The van der Waals surface area contributed by atoms with E-state index in [0.29, 0.717) is 36.8 Å². The lowest BCUT2D eigenvalue weighted by molar-refractivity contribution is 0.151. The van der Waals surface area contributed by atoms with Gasteiger partial charge in [-0.25, -0.2) is 4.98 Å². The molecule has 2 heterocycles. The fraction of sp³-hybridized carbons (Fsp3) is 0.312. The lowest BCUT2D eigenvalue weighted by Gasteiger charge is -2.12. The zero-order chi connectivity index (χ0) is 18.4. The Morgan fingerprint density at radius 2 is 2.04 bits per heavy atom. The summed E-state index contributed by atoms with van der Waals surface area (Å²) in [4.78, 5) is 22.3. The molecule has 138 valence electrons. The van der Waals surface area contributed by atoms with Gasteiger partial charge in [0.25, 0.3) is 0 Å². The molecule has 0 saturated heterocycles. The Kier molecular flexibility index (Phi) is 6.30. The number of benzene rings is 1. The van der Waals surface area contributed by atoms with Crippen molar-refractivity contribution in [2.75, 3.05) is 25.8 Å². The number of nitrogens with two attached hydrogens (primary N) is 1. The lowest BCUT2D eigenvalue weighted by Crippen LogP contribution is -2.07. The number of ether oxygens (including phenoxy) is 2. The summed E-state index contributed by atoms with van der Waals surface area (Å²) in [6, 6.07) is 9.67. The van der Waals surface area contributed by atoms with Crippen LogP contribution in [0.1, 0.15) is 5.56 Å². The van der Waals surface area contributed by atoms with Gasteiger partial charge in [-0.15, -0.1) is 0 Å². The van der Waals surface area contributed by atoms with Gasteiger partial charge in [-0.3, -0.25) is 0 Å². The Bertz CT molecular complexity index is 845. The van der Waals surface area contributed by atoms with Gasteiger partial charge < -0.3 is 29.2 Å². The third-order valence-electron chi connectivity index (χ3n) is 3.54. The number of methoxy groups -OCH3 is 1. The molecule has 3 rings (SSSR count). The van der Waals surface area contributed by atoms with Crippen LogP contribution in [0.3, 0.4) is 0 Å². The van der Waals surface area contributed by atoms with Crippen molar-refractivity contribution in [2.24, 2.45) is 0 Å². The summed E-state index contributed by atoms with van der Waals surface area (Å²) in [5.41, 5.74) is 7.80. The molecule has 0 saturated carbocycles. The summed E-state index contributed by atoms with van der Waals surface area (Å²) < 4.78 is 17.8. The number of rotatable bonds is 9. The van der Waals surface area contributed by atoms with Crippen LogP contribution in [-0.2, 0) is 22.4 Å². The molecule has 0 aliphatic rings. The molecule has 0 spiro atoms. The standard InChI is InChI=1S/C16H20N5O4P/c1-23-15-13-14(19-16(17)20-15)21(10-18-13)7-8-24-11-26(22)25-9-12-5-3-2-4-6-12/h2-6,10,22H,7-9,11H2,1H3,(H2,17,19,20). The maximum atomic E-state index is 9.89. The zero-order valence-electron chi connectivity index (χ0n) is 14.3. The van der Waals surface area contributed by atoms with Crippen LogP contribution in [0.2, 0.25) is 0 Å². The smallest absolute Gasteiger partial charge is 0.246 e. The molecule has 0 bridgehead atoms. The van der Waals surface area contributed by atoms with Crippen LogP contribution >= 0.6 is 8.38 Å². The molecule has 0 fully saturated rings. The van der Waals surface area contributed by atoms with Gasteiger partial charge in [0.15, 0.2) is 19.5 Å². The fourth-order valence-corrected chi connectivity index (χ4v) is 2.96. The highest BCUT2D eigenvalue weighted by Crippen LogP contribution is 2.32. The Morgan fingerprint density at radius 3 is 2.81 bits per heavy atom. The zero-order valence-corrected chi connectivity index (χ0v) is 15.2. The van der Waals surface area contributed by atoms with E-state index < -0.39 is 8.38 Å². The van der Waals surface area contributed by atoms with Crippen LogP contribution in [-0.4, -0.2) is 44.5 Å². The van der Waals surface area contributed by atoms with Crippen LogP contribution in [0.15, 0.2) is 36.7 Å². The van der Waals surface area contributed by atoms with E-state index in [1.807, 2.05) is 30.3 Å². The largest absolute Gasteiger partial charge is 0.479 e. The highest BCUT2D eigenvalue weighted by atomic mass is 31.2. The molecular weight excluding hydrogens is 357 g/mol. The summed E-state index contributed by atoms with van der Waals surface area (Å²) in [7, 11) is -0.131. The second-order valence-corrected chi connectivity index (χ2v) is 6.57. The van der Waals surface area contributed by atoms with Crippen molar-refractivity contribution in [2.45, 2.75) is 13.2 Å². The van der Waals surface area contributed by atoms with Crippen LogP contribution in [0.4, 0.5) is 5.95 Å². The molecule has 1 aromatic carbocycles. The second-order valence-electron chi connectivity index (χ2n) is 5.35. The maximum absolute atomic E-state index is 9.89. The molecule has 26 heavy (non-hydrogen) atoms. The highest BCUT2D eigenvalue weighted by molar-refractivity contribution is 7.45. The molecule has 0 radical (unpaired) electrons. The van der Waals surface area contributed by atoms with Gasteiger partial charge in [0.2, 0.25) is 11.8 Å². The van der Waals surface area contributed by atoms with Crippen molar-refractivity contribution in [1.29, 1.82) is 0 Å². The molecule has 2 aromatic heterocycles.